The number of nitrogens with zero attached hydrogens (tertiary/aromatic N) is 1. The van der Waals surface area contributed by atoms with Gasteiger partial charge in [-0.2, -0.15) is 0 Å². The topological polar surface area (TPSA) is 29.5 Å². The second-order valence-corrected chi connectivity index (χ2v) is 7.33. The molecule has 0 N–H and O–H groups in total. The van der Waals surface area contributed by atoms with Crippen LogP contribution in [0.15, 0.2) is 41.9 Å². The van der Waals surface area contributed by atoms with Gasteiger partial charge >= 0.3 is 5.97 Å². The summed E-state index contributed by atoms with van der Waals surface area (Å²) in [4.78, 5) is 14.0. The van der Waals surface area contributed by atoms with Gasteiger partial charge in [-0.05, 0) is 59.3 Å². The van der Waals surface area contributed by atoms with Crippen LogP contribution in [0.4, 0.5) is 0 Å². The first-order valence-electron chi connectivity index (χ1n) is 8.37. The van der Waals surface area contributed by atoms with Crippen molar-refractivity contribution in [3.63, 3.8) is 0 Å². The van der Waals surface area contributed by atoms with Crippen LogP contribution in [0.2, 0.25) is 0 Å². The van der Waals surface area contributed by atoms with Crippen molar-refractivity contribution < 1.29 is 9.53 Å². The summed E-state index contributed by atoms with van der Waals surface area (Å²) in [6.45, 7) is 11.5. The first kappa shape index (κ1) is 19.3. The van der Waals surface area contributed by atoms with Crippen molar-refractivity contribution in [2.75, 3.05) is 7.05 Å². The Hall–Kier alpha value is -1.73. The van der Waals surface area contributed by atoms with Crippen molar-refractivity contribution in [3.05, 3.63) is 41.9 Å². The molecule has 0 bridgehead atoms. The minimum Gasteiger partial charge on any atom is -0.460 e. The zero-order valence-corrected chi connectivity index (χ0v) is 15.3. The van der Waals surface area contributed by atoms with Crippen molar-refractivity contribution in [1.29, 1.82) is 0 Å². The van der Waals surface area contributed by atoms with Gasteiger partial charge in [0.15, 0.2) is 0 Å². The van der Waals surface area contributed by atoms with Crippen molar-refractivity contribution in [3.8, 4) is 0 Å². The zero-order chi connectivity index (χ0) is 17.5. The molecule has 0 radical (unpaired) electrons. The van der Waals surface area contributed by atoms with E-state index in [2.05, 4.69) is 31.5 Å². The van der Waals surface area contributed by atoms with Crippen LogP contribution in [0.5, 0.6) is 0 Å². The molecule has 1 rings (SSSR count). The maximum Gasteiger partial charge on any atom is 0.310 e. The summed E-state index contributed by atoms with van der Waals surface area (Å²) in [6.07, 6.45) is 10.9. The highest BCUT2D eigenvalue weighted by Gasteiger charge is 2.21. The quantitative estimate of drug-likeness (QED) is 0.407. The molecule has 1 atom stereocenters. The second kappa shape index (κ2) is 8.79. The van der Waals surface area contributed by atoms with Gasteiger partial charge in [0.2, 0.25) is 0 Å². The average molecular weight is 317 g/mol. The number of carbonyl (C=O) groups excluding carboxylic acids is 1. The summed E-state index contributed by atoms with van der Waals surface area (Å²) in [6, 6.07) is 0. The van der Waals surface area contributed by atoms with Gasteiger partial charge < -0.3 is 9.64 Å². The van der Waals surface area contributed by atoms with Crippen LogP contribution in [0.1, 0.15) is 59.8 Å². The molecule has 23 heavy (non-hydrogen) atoms. The lowest BCUT2D eigenvalue weighted by molar-refractivity contribution is -0.153. The van der Waals surface area contributed by atoms with Gasteiger partial charge in [0.25, 0.3) is 0 Å². The van der Waals surface area contributed by atoms with Crippen molar-refractivity contribution in [2.24, 2.45) is 5.92 Å². The van der Waals surface area contributed by atoms with E-state index in [9.17, 15) is 4.79 Å². The van der Waals surface area contributed by atoms with Gasteiger partial charge in [-0.1, -0.05) is 23.8 Å². The summed E-state index contributed by atoms with van der Waals surface area (Å²) in [5, 5.41) is 0. The standard InChI is InChI=1S/C20H31NO2/c1-7-12-21(6)15-16(2)18-11-9-8-10-17(13-18)14-19(22)23-20(3,4)5/h10,12,15,18H,1,8-9,11,13-14H2,2-6H3/b16-15+. The highest BCUT2D eigenvalue weighted by atomic mass is 16.6. The van der Waals surface area contributed by atoms with Crippen LogP contribution < -0.4 is 0 Å². The number of allylic oxidation sites excluding steroid dienone is 2. The Balaban J connectivity index is 2.72. The Labute approximate surface area is 141 Å². The number of hydrogen-bond acceptors (Lipinski definition) is 3. The predicted molar refractivity (Wildman–Crippen MR) is 95.7 cm³/mol. The van der Waals surface area contributed by atoms with Crippen LogP contribution in [0, 0.1) is 5.92 Å². The lowest BCUT2D eigenvalue weighted by atomic mass is 9.90. The van der Waals surface area contributed by atoms with E-state index in [-0.39, 0.29) is 5.97 Å². The largest absolute Gasteiger partial charge is 0.460 e. The monoisotopic (exact) mass is 317 g/mol. The van der Waals surface area contributed by atoms with E-state index in [1.54, 1.807) is 0 Å². The third kappa shape index (κ3) is 7.90. The molecule has 0 aliphatic heterocycles. The van der Waals surface area contributed by atoms with Crippen LogP contribution in [0.3, 0.4) is 0 Å². The molecule has 128 valence electrons. The molecule has 0 heterocycles. The number of carbonyl (C=O) groups is 1. The van der Waals surface area contributed by atoms with E-state index in [4.69, 9.17) is 4.74 Å². The van der Waals surface area contributed by atoms with Gasteiger partial charge in [0.1, 0.15) is 5.60 Å². The fourth-order valence-electron chi connectivity index (χ4n) is 2.88. The van der Waals surface area contributed by atoms with E-state index in [1.165, 1.54) is 11.1 Å². The molecule has 3 heteroatoms. The minimum absolute atomic E-state index is 0.127. The molecule has 0 spiro atoms. The molecule has 0 aromatic carbocycles. The molecule has 3 nitrogen and oxygen atoms in total. The Morgan fingerprint density at radius 3 is 2.83 bits per heavy atom. The van der Waals surface area contributed by atoms with E-state index in [0.717, 1.165) is 25.7 Å². The van der Waals surface area contributed by atoms with Crippen molar-refractivity contribution in [2.45, 2.75) is 65.4 Å². The molecule has 1 aliphatic rings. The van der Waals surface area contributed by atoms with E-state index in [0.29, 0.717) is 12.3 Å². The average Bonchev–Trinajstić information content (AvgIpc) is 2.62. The fourth-order valence-corrected chi connectivity index (χ4v) is 2.88. The van der Waals surface area contributed by atoms with E-state index < -0.39 is 5.60 Å². The van der Waals surface area contributed by atoms with Crippen molar-refractivity contribution >= 4 is 5.97 Å². The summed E-state index contributed by atoms with van der Waals surface area (Å²) in [7, 11) is 1.98. The van der Waals surface area contributed by atoms with Crippen LogP contribution in [0.25, 0.3) is 0 Å². The molecule has 0 saturated heterocycles. The van der Waals surface area contributed by atoms with Gasteiger partial charge in [-0.25, -0.2) is 0 Å². The lowest BCUT2D eigenvalue weighted by Gasteiger charge is -2.22. The van der Waals surface area contributed by atoms with Crippen LogP contribution >= 0.6 is 0 Å². The fraction of sp³-hybridized carbons (Fsp3) is 0.600. The maximum absolute atomic E-state index is 12.1. The number of rotatable bonds is 5. The number of hydrogen-bond donors (Lipinski definition) is 0. The molecule has 1 unspecified atom stereocenters. The third-order valence-electron chi connectivity index (χ3n) is 3.84. The van der Waals surface area contributed by atoms with Gasteiger partial charge in [-0.3, -0.25) is 4.79 Å². The molecular weight excluding hydrogens is 286 g/mol. The predicted octanol–water partition coefficient (Wildman–Crippen LogP) is 4.97. The second-order valence-electron chi connectivity index (χ2n) is 7.33. The van der Waals surface area contributed by atoms with Gasteiger partial charge in [0.05, 0.1) is 6.42 Å². The summed E-state index contributed by atoms with van der Waals surface area (Å²) in [5.41, 5.74) is 4.89. The molecule has 0 saturated carbocycles. The Morgan fingerprint density at radius 2 is 2.22 bits per heavy atom. The van der Waals surface area contributed by atoms with Crippen LogP contribution in [-0.4, -0.2) is 23.5 Å². The Morgan fingerprint density at radius 1 is 1.52 bits per heavy atom. The third-order valence-corrected chi connectivity index (χ3v) is 3.84. The molecular formula is C20H31NO2. The number of esters is 1. The normalized spacial score (nSPS) is 19.3. The lowest BCUT2D eigenvalue weighted by Crippen LogP contribution is -2.24. The van der Waals surface area contributed by atoms with Crippen LogP contribution in [-0.2, 0) is 9.53 Å². The maximum atomic E-state index is 12.1. The molecule has 1 aliphatic carbocycles. The first-order valence-corrected chi connectivity index (χ1v) is 8.37. The van der Waals surface area contributed by atoms with E-state index in [1.807, 2.05) is 38.9 Å². The van der Waals surface area contributed by atoms with Crippen molar-refractivity contribution in [1.82, 2.24) is 4.90 Å². The molecule has 0 aromatic rings. The van der Waals surface area contributed by atoms with E-state index >= 15 is 0 Å². The summed E-state index contributed by atoms with van der Waals surface area (Å²) >= 11 is 0. The highest BCUT2D eigenvalue weighted by molar-refractivity contribution is 5.72. The SMILES string of the molecule is C=C=CN(C)/C=C(\C)C1CCCC=C(CC(=O)OC(C)(C)C)C1. The summed E-state index contributed by atoms with van der Waals surface area (Å²) in [5.74, 6) is 0.351. The Bertz CT molecular complexity index is 516. The van der Waals surface area contributed by atoms with Gasteiger partial charge in [-0.15, -0.1) is 5.73 Å². The number of ether oxygens (including phenoxy) is 1. The molecule has 0 fully saturated rings. The molecule has 0 aromatic heterocycles. The minimum atomic E-state index is -0.419. The first-order chi connectivity index (χ1) is 10.7. The smallest absolute Gasteiger partial charge is 0.310 e. The molecule has 0 amide bonds. The summed E-state index contributed by atoms with van der Waals surface area (Å²) < 4.78 is 5.45. The van der Waals surface area contributed by atoms with Gasteiger partial charge in [0, 0.05) is 19.4 Å². The zero-order valence-electron chi connectivity index (χ0n) is 15.3. The highest BCUT2D eigenvalue weighted by Crippen LogP contribution is 2.31. The Kier molecular flexibility index (Phi) is 7.38.